The van der Waals surface area contributed by atoms with Crippen LogP contribution in [0.1, 0.15) is 58.3 Å². The summed E-state index contributed by atoms with van der Waals surface area (Å²) in [6, 6.07) is 16.1. The highest BCUT2D eigenvalue weighted by molar-refractivity contribution is 5.91. The second kappa shape index (κ2) is 23.9. The average Bonchev–Trinajstić information content (AvgIpc) is 3.38. The van der Waals surface area contributed by atoms with Crippen LogP contribution in [-0.2, 0) is 44.7 Å². The smallest absolute Gasteiger partial charge is 0.331 e. The van der Waals surface area contributed by atoms with Gasteiger partial charge in [-0.1, -0.05) is 6.07 Å². The van der Waals surface area contributed by atoms with Gasteiger partial charge in [-0.05, 0) is 64.7 Å². The fourth-order valence-corrected chi connectivity index (χ4v) is 10.3. The summed E-state index contributed by atoms with van der Waals surface area (Å²) in [6.45, 7) is 3.43. The van der Waals surface area contributed by atoms with E-state index in [2.05, 4.69) is 26.2 Å². The number of hydrogen-bond donors (Lipinski definition) is 0. The average molecular weight is 973 g/mol. The Bertz CT molecular complexity index is 2470. The predicted molar refractivity (Wildman–Crippen MR) is 264 cm³/mol. The van der Waals surface area contributed by atoms with Crippen molar-refractivity contribution in [3.63, 3.8) is 0 Å². The summed E-state index contributed by atoms with van der Waals surface area (Å²) < 4.78 is 69.8. The van der Waals surface area contributed by atoms with Crippen molar-refractivity contribution in [2.75, 3.05) is 125 Å². The van der Waals surface area contributed by atoms with E-state index in [1.165, 1.54) is 5.56 Å². The zero-order chi connectivity index (χ0) is 50.6. The minimum absolute atomic E-state index is 0.00552. The molecule has 2 aliphatic heterocycles. The van der Waals surface area contributed by atoms with Gasteiger partial charge in [-0.25, -0.2) is 9.59 Å². The van der Waals surface area contributed by atoms with Crippen LogP contribution in [0.2, 0.25) is 0 Å². The lowest BCUT2D eigenvalue weighted by atomic mass is 9.85. The van der Waals surface area contributed by atoms with Gasteiger partial charge < -0.3 is 65.8 Å². The molecule has 70 heavy (non-hydrogen) atoms. The third kappa shape index (κ3) is 11.6. The second-order valence-electron chi connectivity index (χ2n) is 18.0. The largest absolute Gasteiger partial charge is 0.493 e. The number of ether oxygens (including phenoxy) is 12. The van der Waals surface area contributed by atoms with E-state index >= 15 is 0 Å². The molecule has 0 saturated heterocycles. The molecule has 0 saturated carbocycles. The van der Waals surface area contributed by atoms with Crippen molar-refractivity contribution in [1.29, 1.82) is 0 Å². The number of carbonyl (C=O) groups is 2. The van der Waals surface area contributed by atoms with E-state index in [9.17, 15) is 9.59 Å². The monoisotopic (exact) mass is 972 g/mol. The van der Waals surface area contributed by atoms with Crippen molar-refractivity contribution in [3.05, 3.63) is 94.1 Å². The first-order valence-corrected chi connectivity index (χ1v) is 23.5. The van der Waals surface area contributed by atoms with Gasteiger partial charge in [0.2, 0.25) is 11.5 Å². The maximum atomic E-state index is 12.9. The minimum Gasteiger partial charge on any atom is -0.493 e. The molecule has 0 bridgehead atoms. The Morgan fingerprint density at radius 1 is 0.486 bits per heavy atom. The Morgan fingerprint density at radius 2 is 0.929 bits per heavy atom. The molecule has 0 amide bonds. The summed E-state index contributed by atoms with van der Waals surface area (Å²) in [5.74, 6) is 4.92. The van der Waals surface area contributed by atoms with Gasteiger partial charge in [-0.15, -0.1) is 0 Å². The standard InChI is InChI=1S/C54H72N2O14/c1-55(23-19-37-32-44(61-5)45(62-6)34-39(37)40(55)28-36-30-46(63-7)52(66-10)47(31-36)64-8)21-13-25-69-49(57)17-18-50(58)70-26-14-22-56(2)24-20-38-33-48(65-9)53(67-11)54(68-12)51(38)41(56)27-35-15-16-42(59-3)43(29-35)60-4/h15-18,29-34,40-41H,13-14,19-28H2,1-12H3/q+2/b18-17-. The number of fused-ring (bicyclic) bond motifs is 2. The molecule has 0 fully saturated rings. The number of hydrogen-bond acceptors (Lipinski definition) is 14. The molecule has 0 aliphatic carbocycles. The van der Waals surface area contributed by atoms with Gasteiger partial charge in [0.25, 0.3) is 0 Å². The van der Waals surface area contributed by atoms with Crippen molar-refractivity contribution in [3.8, 4) is 57.5 Å². The topological polar surface area (TPSA) is 145 Å². The Morgan fingerprint density at radius 3 is 1.46 bits per heavy atom. The first kappa shape index (κ1) is 52.8. The first-order valence-electron chi connectivity index (χ1n) is 23.5. The van der Waals surface area contributed by atoms with Gasteiger partial charge in [0, 0.05) is 56.2 Å². The van der Waals surface area contributed by atoms with E-state index in [0.29, 0.717) is 105 Å². The zero-order valence-corrected chi connectivity index (χ0v) is 43.0. The molecule has 4 unspecified atom stereocenters. The van der Waals surface area contributed by atoms with Crippen LogP contribution in [0.15, 0.2) is 60.7 Å². The minimum atomic E-state index is -0.615. The number of methoxy groups -OCH3 is 10. The third-order valence-electron chi connectivity index (χ3n) is 14.1. The van der Waals surface area contributed by atoms with E-state index in [1.54, 1.807) is 71.1 Å². The van der Waals surface area contributed by atoms with Crippen molar-refractivity contribution in [2.24, 2.45) is 0 Å². The van der Waals surface area contributed by atoms with Crippen molar-refractivity contribution in [2.45, 2.75) is 50.6 Å². The van der Waals surface area contributed by atoms with Crippen LogP contribution in [0, 0.1) is 0 Å². The van der Waals surface area contributed by atoms with Crippen molar-refractivity contribution < 1.29 is 75.4 Å². The van der Waals surface area contributed by atoms with Crippen LogP contribution in [0.4, 0.5) is 0 Å². The highest BCUT2D eigenvalue weighted by Gasteiger charge is 2.43. The molecule has 380 valence electrons. The van der Waals surface area contributed by atoms with Crippen LogP contribution >= 0.6 is 0 Å². The molecule has 2 aliphatic rings. The summed E-state index contributed by atoms with van der Waals surface area (Å²) in [5, 5.41) is 0. The molecular weight excluding hydrogens is 901 g/mol. The predicted octanol–water partition coefficient (Wildman–Crippen LogP) is 7.47. The fraction of sp³-hybridized carbons (Fsp3) is 0.481. The number of quaternary nitrogens is 2. The van der Waals surface area contributed by atoms with Gasteiger partial charge in [0.1, 0.15) is 12.1 Å². The van der Waals surface area contributed by atoms with Crippen molar-refractivity contribution in [1.82, 2.24) is 0 Å². The van der Waals surface area contributed by atoms with E-state index in [0.717, 1.165) is 65.9 Å². The number of esters is 2. The summed E-state index contributed by atoms with van der Waals surface area (Å²) in [7, 11) is 20.7. The highest BCUT2D eigenvalue weighted by Crippen LogP contribution is 2.51. The molecule has 0 aromatic heterocycles. The molecule has 16 heteroatoms. The molecule has 4 aromatic carbocycles. The van der Waals surface area contributed by atoms with E-state index in [-0.39, 0.29) is 25.3 Å². The van der Waals surface area contributed by atoms with Gasteiger partial charge in [-0.2, -0.15) is 0 Å². The van der Waals surface area contributed by atoms with Crippen molar-refractivity contribution >= 4 is 11.9 Å². The van der Waals surface area contributed by atoms with Crippen LogP contribution in [0.5, 0.6) is 57.5 Å². The highest BCUT2D eigenvalue weighted by atomic mass is 16.6. The molecule has 4 atom stereocenters. The Hall–Kier alpha value is -6.52. The number of benzene rings is 4. The van der Waals surface area contributed by atoms with Crippen LogP contribution in [0.25, 0.3) is 0 Å². The molecule has 0 N–H and O–H groups in total. The van der Waals surface area contributed by atoms with Gasteiger partial charge in [0.15, 0.2) is 46.0 Å². The molecule has 2 heterocycles. The maximum absolute atomic E-state index is 12.9. The molecule has 6 rings (SSSR count). The normalized spacial score (nSPS) is 19.3. The third-order valence-corrected chi connectivity index (χ3v) is 14.1. The molecule has 4 aromatic rings. The first-order chi connectivity index (χ1) is 33.8. The van der Waals surface area contributed by atoms with E-state index < -0.39 is 11.9 Å². The lowest BCUT2D eigenvalue weighted by molar-refractivity contribution is -0.941. The summed E-state index contributed by atoms with van der Waals surface area (Å²) >= 11 is 0. The summed E-state index contributed by atoms with van der Waals surface area (Å²) in [6.07, 6.45) is 6.36. The van der Waals surface area contributed by atoms with Crippen LogP contribution in [-0.4, -0.2) is 145 Å². The summed E-state index contributed by atoms with van der Waals surface area (Å²) in [5.41, 5.74) is 6.61. The van der Waals surface area contributed by atoms with E-state index in [1.807, 2.05) is 36.4 Å². The van der Waals surface area contributed by atoms with E-state index in [4.69, 9.17) is 56.8 Å². The van der Waals surface area contributed by atoms with Crippen LogP contribution < -0.4 is 47.4 Å². The van der Waals surface area contributed by atoms with Gasteiger partial charge in [-0.3, -0.25) is 0 Å². The molecule has 16 nitrogen and oxygen atoms in total. The maximum Gasteiger partial charge on any atom is 0.331 e. The summed E-state index contributed by atoms with van der Waals surface area (Å²) in [4.78, 5) is 25.8. The quantitative estimate of drug-likeness (QED) is 0.0296. The number of rotatable bonds is 24. The fourth-order valence-electron chi connectivity index (χ4n) is 10.3. The SMILES string of the molecule is COc1ccc(CC2c3c(cc(OC)c(OC)c3OC)CC[N+]2(C)CCCOC(=O)/C=C\C(=O)OCCC[N+]2(C)CCc3cc(OC)c(OC)cc3C2Cc2cc(OC)c(OC)c(OC)c2)cc1OC. The second-order valence-corrected chi connectivity index (χ2v) is 18.0. The number of likely N-dealkylation sites (N-methyl/N-ethyl adjacent to an activating group) is 2. The Balaban J connectivity index is 1.07. The number of carbonyl (C=O) groups excluding carboxylic acids is 2. The zero-order valence-electron chi connectivity index (χ0n) is 43.0. The Kier molecular flexibility index (Phi) is 18.0. The van der Waals surface area contributed by atoms with Gasteiger partial charge in [0.05, 0.1) is 130 Å². The lowest BCUT2D eigenvalue weighted by Gasteiger charge is -2.46. The molecule has 0 radical (unpaired) electrons. The van der Waals surface area contributed by atoms with Crippen LogP contribution in [0.3, 0.4) is 0 Å². The molecular formula is C54H72N2O14+2. The molecule has 0 spiro atoms. The van der Waals surface area contributed by atoms with Gasteiger partial charge >= 0.3 is 11.9 Å². The Labute approximate surface area is 412 Å². The number of nitrogens with zero attached hydrogens (tertiary/aromatic N) is 2. The lowest BCUT2D eigenvalue weighted by Crippen LogP contribution is -2.52.